The fourth-order valence-electron chi connectivity index (χ4n) is 2.91. The van der Waals surface area contributed by atoms with Gasteiger partial charge in [0.15, 0.2) is 0 Å². The topological polar surface area (TPSA) is 34.1 Å². The van der Waals surface area contributed by atoms with Crippen LogP contribution in [0.4, 0.5) is 0 Å². The van der Waals surface area contributed by atoms with Crippen LogP contribution in [0, 0.1) is 0 Å². The molecule has 2 nitrogen and oxygen atoms in total. The van der Waals surface area contributed by atoms with Crippen molar-refractivity contribution in [3.63, 3.8) is 0 Å². The van der Waals surface area contributed by atoms with Crippen molar-refractivity contribution in [2.75, 3.05) is 0 Å². The molecule has 2 heterocycles. The van der Waals surface area contributed by atoms with Crippen LogP contribution in [0.25, 0.3) is 0 Å². The van der Waals surface area contributed by atoms with Crippen molar-refractivity contribution < 1.29 is 8.42 Å². The van der Waals surface area contributed by atoms with E-state index in [2.05, 4.69) is 59.3 Å². The number of hydrogen-bond acceptors (Lipinski definition) is 4. The van der Waals surface area contributed by atoms with E-state index in [4.69, 9.17) is 10.7 Å². The normalized spacial score (nSPS) is 11.0. The lowest BCUT2D eigenvalue weighted by Gasteiger charge is -1.98. The molecule has 6 heteroatoms. The van der Waals surface area contributed by atoms with Gasteiger partial charge in [-0.15, -0.1) is 11.3 Å². The summed E-state index contributed by atoms with van der Waals surface area (Å²) in [4.78, 5) is 0. The van der Waals surface area contributed by atoms with Crippen molar-refractivity contribution in [2.24, 2.45) is 0 Å². The first-order valence-corrected chi connectivity index (χ1v) is 13.7. The number of benzene rings is 2. The molecule has 0 spiro atoms. The van der Waals surface area contributed by atoms with Gasteiger partial charge in [0.25, 0.3) is 9.05 Å². The van der Waals surface area contributed by atoms with Crippen molar-refractivity contribution in [2.45, 2.75) is 29.9 Å². The van der Waals surface area contributed by atoms with Crippen LogP contribution < -0.4 is 0 Å². The van der Waals surface area contributed by atoms with Gasteiger partial charge in [-0.05, 0) is 76.2 Å². The third-order valence-corrected chi connectivity index (χ3v) is 8.36. The maximum atomic E-state index is 11.1. The average Bonchev–Trinajstić information content (AvgIpc) is 3.45. The van der Waals surface area contributed by atoms with Crippen LogP contribution >= 0.6 is 33.4 Å². The molecule has 0 saturated carbocycles. The van der Waals surface area contributed by atoms with Gasteiger partial charge >= 0.3 is 0 Å². The lowest BCUT2D eigenvalue weighted by atomic mass is 10.1. The van der Waals surface area contributed by atoms with Crippen molar-refractivity contribution in [1.29, 1.82) is 0 Å². The molecular formula is C24H23ClO2S3. The quantitative estimate of drug-likeness (QED) is 0.270. The summed E-state index contributed by atoms with van der Waals surface area (Å²) in [6, 6.07) is 24.6. The minimum atomic E-state index is -3.57. The van der Waals surface area contributed by atoms with E-state index >= 15 is 0 Å². The standard InChI is InChI=1S/C12H11ClO2S2.C12H12S/c13-17(14,15)12-8-11(9-16-12)7-6-10-4-2-1-3-5-10;1-2-4-11(5-3-1)6-7-12-8-9-13-10-12/h1-5,8-9H,6-7H2;1-5,8-10H,6-7H2. The molecular weight excluding hydrogens is 452 g/mol. The Balaban J connectivity index is 0.000000177. The molecule has 0 fully saturated rings. The first kappa shape index (κ1) is 22.8. The Labute approximate surface area is 191 Å². The van der Waals surface area contributed by atoms with Gasteiger partial charge in [0, 0.05) is 10.7 Å². The van der Waals surface area contributed by atoms with Crippen LogP contribution in [-0.2, 0) is 34.7 Å². The van der Waals surface area contributed by atoms with Crippen LogP contribution in [-0.4, -0.2) is 8.42 Å². The molecule has 4 aromatic rings. The molecule has 0 amide bonds. The zero-order valence-corrected chi connectivity index (χ0v) is 19.6. The Morgan fingerprint density at radius 2 is 1.20 bits per heavy atom. The molecule has 0 bridgehead atoms. The highest BCUT2D eigenvalue weighted by molar-refractivity contribution is 8.15. The summed E-state index contributed by atoms with van der Waals surface area (Å²) in [6.07, 6.45) is 4.04. The number of hydrogen-bond donors (Lipinski definition) is 0. The van der Waals surface area contributed by atoms with Crippen LogP contribution in [0.2, 0.25) is 0 Å². The summed E-state index contributed by atoms with van der Waals surface area (Å²) < 4.78 is 22.4. The zero-order valence-electron chi connectivity index (χ0n) is 16.4. The Kier molecular flexibility index (Phi) is 8.70. The minimum Gasteiger partial charge on any atom is -0.206 e. The van der Waals surface area contributed by atoms with Crippen LogP contribution in [0.15, 0.2) is 93.1 Å². The van der Waals surface area contributed by atoms with Gasteiger partial charge in [0.05, 0.1) is 0 Å². The monoisotopic (exact) mass is 474 g/mol. The lowest BCUT2D eigenvalue weighted by molar-refractivity contribution is 0.611. The highest BCUT2D eigenvalue weighted by atomic mass is 35.7. The van der Waals surface area contributed by atoms with Gasteiger partial charge in [-0.2, -0.15) is 11.3 Å². The molecule has 0 atom stereocenters. The lowest BCUT2D eigenvalue weighted by Crippen LogP contribution is -1.89. The van der Waals surface area contributed by atoms with Gasteiger partial charge < -0.3 is 0 Å². The highest BCUT2D eigenvalue weighted by Crippen LogP contribution is 2.24. The molecule has 0 unspecified atom stereocenters. The molecule has 0 aliphatic heterocycles. The number of aryl methyl sites for hydroxylation is 4. The Morgan fingerprint density at radius 3 is 1.67 bits per heavy atom. The van der Waals surface area contributed by atoms with Crippen molar-refractivity contribution in [1.82, 2.24) is 0 Å². The van der Waals surface area contributed by atoms with E-state index in [-0.39, 0.29) is 4.21 Å². The second-order valence-electron chi connectivity index (χ2n) is 6.81. The van der Waals surface area contributed by atoms with Gasteiger partial charge in [-0.1, -0.05) is 60.7 Å². The number of rotatable bonds is 7. The second-order valence-corrected chi connectivity index (χ2v) is 11.3. The van der Waals surface area contributed by atoms with Crippen LogP contribution in [0.5, 0.6) is 0 Å². The van der Waals surface area contributed by atoms with Crippen molar-refractivity contribution >= 4 is 42.4 Å². The predicted octanol–water partition coefficient (Wildman–Crippen LogP) is 6.99. The molecule has 30 heavy (non-hydrogen) atoms. The van der Waals surface area contributed by atoms with E-state index in [0.29, 0.717) is 0 Å². The molecule has 0 N–H and O–H groups in total. The Bertz CT molecular complexity index is 1100. The maximum Gasteiger partial charge on any atom is 0.270 e. The number of halogens is 1. The highest BCUT2D eigenvalue weighted by Gasteiger charge is 2.12. The summed E-state index contributed by atoms with van der Waals surface area (Å²) in [6.45, 7) is 0. The molecule has 4 rings (SSSR count). The van der Waals surface area contributed by atoms with E-state index in [0.717, 1.165) is 31.2 Å². The fraction of sp³-hybridized carbons (Fsp3) is 0.167. The Hall–Kier alpha value is -1.92. The van der Waals surface area contributed by atoms with Crippen LogP contribution in [0.1, 0.15) is 22.3 Å². The van der Waals surface area contributed by atoms with Gasteiger partial charge in [-0.3, -0.25) is 0 Å². The zero-order chi connectivity index (χ0) is 21.2. The van der Waals surface area contributed by atoms with E-state index in [9.17, 15) is 8.42 Å². The summed E-state index contributed by atoms with van der Waals surface area (Å²) >= 11 is 2.95. The molecule has 0 aliphatic carbocycles. The molecule has 2 aromatic heterocycles. The SMILES string of the molecule is O=S(=O)(Cl)c1cc(CCc2ccccc2)cs1.c1ccc(CCc2ccsc2)cc1. The smallest absolute Gasteiger partial charge is 0.206 e. The van der Waals surface area contributed by atoms with E-state index in [1.165, 1.54) is 28.0 Å². The van der Waals surface area contributed by atoms with E-state index in [1.807, 2.05) is 23.6 Å². The van der Waals surface area contributed by atoms with E-state index < -0.39 is 9.05 Å². The maximum absolute atomic E-state index is 11.1. The third kappa shape index (κ3) is 7.73. The molecule has 0 radical (unpaired) electrons. The fourth-order valence-corrected chi connectivity index (χ4v) is 5.65. The summed E-state index contributed by atoms with van der Waals surface area (Å²) in [5.74, 6) is 0. The molecule has 2 aromatic carbocycles. The van der Waals surface area contributed by atoms with Crippen molar-refractivity contribution in [3.8, 4) is 0 Å². The van der Waals surface area contributed by atoms with E-state index in [1.54, 1.807) is 17.4 Å². The second kappa shape index (κ2) is 11.5. The van der Waals surface area contributed by atoms with Gasteiger partial charge in [0.2, 0.25) is 0 Å². The van der Waals surface area contributed by atoms with Crippen molar-refractivity contribution in [3.05, 3.63) is 111 Å². The first-order valence-electron chi connectivity index (χ1n) is 9.62. The summed E-state index contributed by atoms with van der Waals surface area (Å²) in [5.41, 5.74) is 5.13. The van der Waals surface area contributed by atoms with Crippen LogP contribution in [0.3, 0.4) is 0 Å². The average molecular weight is 475 g/mol. The largest absolute Gasteiger partial charge is 0.270 e. The number of thiophene rings is 2. The summed E-state index contributed by atoms with van der Waals surface area (Å²) in [5, 5.41) is 6.21. The van der Waals surface area contributed by atoms with Gasteiger partial charge in [-0.25, -0.2) is 8.42 Å². The molecule has 0 aliphatic rings. The third-order valence-electron chi connectivity index (χ3n) is 4.54. The summed E-state index contributed by atoms with van der Waals surface area (Å²) in [7, 11) is 1.70. The van der Waals surface area contributed by atoms with Gasteiger partial charge in [0.1, 0.15) is 4.21 Å². The Morgan fingerprint density at radius 1 is 0.667 bits per heavy atom. The first-order chi connectivity index (χ1) is 14.5. The molecule has 156 valence electrons. The minimum absolute atomic E-state index is 0.224. The predicted molar refractivity (Wildman–Crippen MR) is 129 cm³/mol. The molecule has 0 saturated heterocycles.